The summed E-state index contributed by atoms with van der Waals surface area (Å²) in [6.07, 6.45) is -4.20. The number of carbonyl (C=O) groups is 1. The highest BCUT2D eigenvalue weighted by Gasteiger charge is 2.40. The molecule has 0 saturated carbocycles. The van der Waals surface area contributed by atoms with E-state index >= 15 is 0 Å². The van der Waals surface area contributed by atoms with E-state index in [1.807, 2.05) is 31.3 Å². The van der Waals surface area contributed by atoms with Crippen LogP contribution < -0.4 is 15.0 Å². The van der Waals surface area contributed by atoms with Gasteiger partial charge in [0.2, 0.25) is 5.91 Å². The highest BCUT2D eigenvalue weighted by molar-refractivity contribution is 5.80. The van der Waals surface area contributed by atoms with Crippen LogP contribution in [0.5, 0.6) is 5.75 Å². The van der Waals surface area contributed by atoms with Crippen LogP contribution in [0.15, 0.2) is 36.4 Å². The summed E-state index contributed by atoms with van der Waals surface area (Å²) in [6, 6.07) is 8.22. The molecule has 1 amide bonds. The van der Waals surface area contributed by atoms with Crippen LogP contribution in [0.4, 0.5) is 30.2 Å². The molecule has 2 fully saturated rings. The van der Waals surface area contributed by atoms with E-state index < -0.39 is 44.6 Å². The zero-order valence-corrected chi connectivity index (χ0v) is 21.7. The van der Waals surface area contributed by atoms with E-state index in [0.717, 1.165) is 11.3 Å². The first-order valence-electron chi connectivity index (χ1n) is 12.5. The lowest BCUT2D eigenvalue weighted by Gasteiger charge is -2.32. The molecule has 2 aliphatic heterocycles. The zero-order valence-electron chi connectivity index (χ0n) is 21.7. The molecular weight excluding hydrogens is 539 g/mol. The van der Waals surface area contributed by atoms with Crippen LogP contribution in [0, 0.1) is 26.1 Å². The molecule has 2 saturated heterocycles. The van der Waals surface area contributed by atoms with Crippen LogP contribution in [-0.4, -0.2) is 60.7 Å². The SMILES string of the molecule is COc1ccc([C@H]2C[C@H](CNC(=O)C3CCN(c4c([N+](=O)[O-])cc(C(F)(F)F)cc4[N+](=O)[O-])CC3)ON2C)cc1. The van der Waals surface area contributed by atoms with Crippen LogP contribution in [0.2, 0.25) is 0 Å². The molecular formula is C25H28F3N5O7. The highest BCUT2D eigenvalue weighted by atomic mass is 19.4. The number of amides is 1. The second-order valence-electron chi connectivity index (χ2n) is 9.68. The number of anilines is 1. The Morgan fingerprint density at radius 1 is 1.10 bits per heavy atom. The van der Waals surface area contributed by atoms with E-state index in [9.17, 15) is 38.2 Å². The number of benzene rings is 2. The number of piperidine rings is 1. The number of methoxy groups -OCH3 is 1. The Hall–Kier alpha value is -3.98. The largest absolute Gasteiger partial charge is 0.497 e. The maximum atomic E-state index is 13.2. The lowest BCUT2D eigenvalue weighted by atomic mass is 9.94. The van der Waals surface area contributed by atoms with Crippen molar-refractivity contribution in [2.45, 2.75) is 37.6 Å². The average Bonchev–Trinajstić information content (AvgIpc) is 3.30. The van der Waals surface area contributed by atoms with Crippen molar-refractivity contribution >= 4 is 23.0 Å². The number of hydroxylamine groups is 2. The first-order valence-corrected chi connectivity index (χ1v) is 12.5. The van der Waals surface area contributed by atoms with Crippen LogP contribution in [0.1, 0.15) is 36.4 Å². The fourth-order valence-corrected chi connectivity index (χ4v) is 5.14. The van der Waals surface area contributed by atoms with Crippen molar-refractivity contribution in [2.75, 3.05) is 38.7 Å². The molecule has 2 heterocycles. The van der Waals surface area contributed by atoms with Crippen LogP contribution in [0.25, 0.3) is 0 Å². The third kappa shape index (κ3) is 6.25. The molecule has 2 atom stereocenters. The van der Waals surface area contributed by atoms with E-state index in [1.54, 1.807) is 12.2 Å². The molecule has 15 heteroatoms. The zero-order chi connectivity index (χ0) is 29.2. The maximum absolute atomic E-state index is 13.2. The minimum absolute atomic E-state index is 0.00800. The minimum atomic E-state index is -4.99. The molecule has 0 radical (unpaired) electrons. The second kappa shape index (κ2) is 11.6. The monoisotopic (exact) mass is 567 g/mol. The molecule has 1 N–H and O–H groups in total. The third-order valence-electron chi connectivity index (χ3n) is 7.22. The highest BCUT2D eigenvalue weighted by Crippen LogP contribution is 2.44. The lowest BCUT2D eigenvalue weighted by molar-refractivity contribution is -0.393. The van der Waals surface area contributed by atoms with Crippen molar-refractivity contribution in [1.29, 1.82) is 0 Å². The van der Waals surface area contributed by atoms with Gasteiger partial charge in [0, 0.05) is 44.7 Å². The molecule has 40 heavy (non-hydrogen) atoms. The molecule has 4 rings (SSSR count). The number of alkyl halides is 3. The van der Waals surface area contributed by atoms with Gasteiger partial charge in [-0.05, 0) is 37.0 Å². The number of nitrogens with one attached hydrogen (secondary N) is 1. The number of ether oxygens (including phenoxy) is 1. The molecule has 0 aromatic heterocycles. The summed E-state index contributed by atoms with van der Waals surface area (Å²) < 4.78 is 44.8. The Morgan fingerprint density at radius 2 is 1.68 bits per heavy atom. The van der Waals surface area contributed by atoms with E-state index in [0.29, 0.717) is 18.6 Å². The van der Waals surface area contributed by atoms with E-state index in [1.165, 1.54) is 4.90 Å². The summed E-state index contributed by atoms with van der Waals surface area (Å²) in [7, 11) is 3.40. The predicted octanol–water partition coefficient (Wildman–Crippen LogP) is 4.24. The van der Waals surface area contributed by atoms with Gasteiger partial charge in [-0.25, -0.2) is 0 Å². The maximum Gasteiger partial charge on any atom is 0.416 e. The summed E-state index contributed by atoms with van der Waals surface area (Å²) in [5, 5.41) is 27.8. The molecule has 2 aromatic rings. The smallest absolute Gasteiger partial charge is 0.416 e. The van der Waals surface area contributed by atoms with Gasteiger partial charge >= 0.3 is 6.18 Å². The second-order valence-corrected chi connectivity index (χ2v) is 9.68. The van der Waals surface area contributed by atoms with Crippen molar-refractivity contribution in [1.82, 2.24) is 10.4 Å². The number of hydrogen-bond donors (Lipinski definition) is 1. The molecule has 2 aromatic carbocycles. The Bertz CT molecular complexity index is 1230. The predicted molar refractivity (Wildman–Crippen MR) is 136 cm³/mol. The van der Waals surface area contributed by atoms with Gasteiger partial charge < -0.3 is 15.0 Å². The molecule has 216 valence electrons. The summed E-state index contributed by atoms with van der Waals surface area (Å²) in [4.78, 5) is 41.0. The topological polar surface area (TPSA) is 140 Å². The Balaban J connectivity index is 1.37. The Labute approximate surface area is 226 Å². The van der Waals surface area contributed by atoms with E-state index in [4.69, 9.17) is 9.57 Å². The van der Waals surface area contributed by atoms with Crippen LogP contribution in [0.3, 0.4) is 0 Å². The Morgan fingerprint density at radius 3 is 2.17 bits per heavy atom. The molecule has 2 aliphatic rings. The van der Waals surface area contributed by atoms with Gasteiger partial charge in [-0.3, -0.25) is 29.9 Å². The van der Waals surface area contributed by atoms with Crippen molar-refractivity contribution in [3.63, 3.8) is 0 Å². The number of hydrogen-bond acceptors (Lipinski definition) is 9. The van der Waals surface area contributed by atoms with Crippen molar-refractivity contribution in [2.24, 2.45) is 5.92 Å². The van der Waals surface area contributed by atoms with Gasteiger partial charge in [0.15, 0.2) is 5.69 Å². The summed E-state index contributed by atoms with van der Waals surface area (Å²) in [5.74, 6) is 0.0123. The van der Waals surface area contributed by atoms with Crippen molar-refractivity contribution in [3.8, 4) is 5.75 Å². The van der Waals surface area contributed by atoms with Crippen LogP contribution >= 0.6 is 0 Å². The van der Waals surface area contributed by atoms with Crippen molar-refractivity contribution < 1.29 is 37.4 Å². The third-order valence-corrected chi connectivity index (χ3v) is 7.22. The fraction of sp³-hybridized carbons (Fsp3) is 0.480. The number of nitrogens with zero attached hydrogens (tertiary/aromatic N) is 4. The number of halogens is 3. The number of nitro groups is 2. The summed E-state index contributed by atoms with van der Waals surface area (Å²) in [6.45, 7) is 0.298. The van der Waals surface area contributed by atoms with Crippen molar-refractivity contribution in [3.05, 3.63) is 67.8 Å². The molecule has 0 bridgehead atoms. The number of carbonyl (C=O) groups excluding carboxylic acids is 1. The van der Waals surface area contributed by atoms with E-state index in [-0.39, 0.29) is 50.5 Å². The van der Waals surface area contributed by atoms with Gasteiger partial charge in [-0.1, -0.05) is 12.1 Å². The summed E-state index contributed by atoms with van der Waals surface area (Å²) >= 11 is 0. The lowest BCUT2D eigenvalue weighted by Crippen LogP contribution is -2.42. The molecule has 0 spiro atoms. The van der Waals surface area contributed by atoms with Crippen LogP contribution in [-0.2, 0) is 15.8 Å². The van der Waals surface area contributed by atoms with Gasteiger partial charge in [0.1, 0.15) is 5.75 Å². The summed E-state index contributed by atoms with van der Waals surface area (Å²) in [5.41, 5.74) is -2.93. The van der Waals surface area contributed by atoms with E-state index in [2.05, 4.69) is 5.32 Å². The number of rotatable bonds is 8. The molecule has 12 nitrogen and oxygen atoms in total. The quantitative estimate of drug-likeness (QED) is 0.366. The Kier molecular flexibility index (Phi) is 8.44. The minimum Gasteiger partial charge on any atom is -0.497 e. The van der Waals surface area contributed by atoms with Gasteiger partial charge in [0.25, 0.3) is 11.4 Å². The van der Waals surface area contributed by atoms with Gasteiger partial charge in [-0.2, -0.15) is 18.2 Å². The fourth-order valence-electron chi connectivity index (χ4n) is 5.14. The molecule has 0 aliphatic carbocycles. The normalized spacial score (nSPS) is 20.4. The first kappa shape index (κ1) is 29.0. The first-order chi connectivity index (χ1) is 18.9. The van der Waals surface area contributed by atoms with Gasteiger partial charge in [0.05, 0.1) is 34.7 Å². The van der Waals surface area contributed by atoms with Gasteiger partial charge in [-0.15, -0.1) is 0 Å². The standard InChI is InChI=1S/C25H28F3N5O7/c1-30-20(15-3-5-18(39-2)6-4-15)13-19(40-30)14-29-24(34)16-7-9-31(10-8-16)23-21(32(35)36)11-17(25(26,27)28)12-22(23)33(37)38/h3-6,11-12,16,19-20H,7-10,13-14H2,1-2H3,(H,29,34)/t19-,20-/m1/s1. The average molecular weight is 568 g/mol. The number of nitro benzene ring substituents is 2. The molecule has 0 unspecified atom stereocenters.